The van der Waals surface area contributed by atoms with Crippen molar-refractivity contribution in [2.75, 3.05) is 6.61 Å². The zero-order valence-electron chi connectivity index (χ0n) is 25.9. The third-order valence-corrected chi connectivity index (χ3v) is 13.7. The van der Waals surface area contributed by atoms with Gasteiger partial charge in [-0.1, -0.05) is 59.6 Å². The van der Waals surface area contributed by atoms with Crippen LogP contribution in [0.2, 0.25) is 0 Å². The predicted octanol–water partition coefficient (Wildman–Crippen LogP) is 8.43. The van der Waals surface area contributed by atoms with Gasteiger partial charge < -0.3 is 9.47 Å². The van der Waals surface area contributed by atoms with Gasteiger partial charge >= 0.3 is 11.9 Å². The molecule has 0 heterocycles. The van der Waals surface area contributed by atoms with E-state index >= 15 is 0 Å². The first-order chi connectivity index (χ1) is 17.5. The van der Waals surface area contributed by atoms with Crippen LogP contribution in [0.15, 0.2) is 11.1 Å². The summed E-state index contributed by atoms with van der Waals surface area (Å²) in [6.07, 6.45) is 13.2. The lowest BCUT2D eigenvalue weighted by molar-refractivity contribution is -0.175. The van der Waals surface area contributed by atoms with Crippen LogP contribution in [0.25, 0.3) is 0 Å². The van der Waals surface area contributed by atoms with Gasteiger partial charge in [0.05, 0.1) is 6.61 Å². The molecule has 38 heavy (non-hydrogen) atoms. The zero-order chi connectivity index (χ0) is 27.9. The highest BCUT2D eigenvalue weighted by atomic mass is 16.5. The number of allylic oxidation sites excluding steroid dienone is 2. The molecule has 0 saturated heterocycles. The fourth-order valence-corrected chi connectivity index (χ4v) is 11.2. The topological polar surface area (TPSA) is 52.6 Å². The number of rotatable bonds is 3. The van der Waals surface area contributed by atoms with Crippen molar-refractivity contribution >= 4 is 11.9 Å². The van der Waals surface area contributed by atoms with Crippen LogP contribution in [0.3, 0.4) is 0 Å². The summed E-state index contributed by atoms with van der Waals surface area (Å²) in [4.78, 5) is 23.6. The number of carbonyl (C=O) groups is 2. The van der Waals surface area contributed by atoms with E-state index in [1.807, 2.05) is 0 Å². The van der Waals surface area contributed by atoms with Crippen molar-refractivity contribution in [1.82, 2.24) is 0 Å². The molecule has 214 valence electrons. The summed E-state index contributed by atoms with van der Waals surface area (Å²) in [6, 6.07) is 0. The van der Waals surface area contributed by atoms with Gasteiger partial charge in [-0.25, -0.2) is 0 Å². The summed E-state index contributed by atoms with van der Waals surface area (Å²) >= 11 is 0. The van der Waals surface area contributed by atoms with E-state index in [9.17, 15) is 9.59 Å². The first kappa shape index (κ1) is 28.2. The van der Waals surface area contributed by atoms with Crippen molar-refractivity contribution < 1.29 is 19.1 Å². The standard InChI is InChI=1S/C34H54O4/c1-22(35)37-21-30(5)16-17-31(6)18-19-33(8)25-10-11-26-29(3,4)28(38-23(2)36)13-14-32(26,7)24(25)12-15-34(33,9)27(31)20-30/h26-28H,10-21H2,1-9H3. The maximum Gasteiger partial charge on any atom is 0.302 e. The van der Waals surface area contributed by atoms with Gasteiger partial charge in [-0.05, 0) is 104 Å². The van der Waals surface area contributed by atoms with E-state index < -0.39 is 0 Å². The molecule has 0 aromatic heterocycles. The molecule has 8 atom stereocenters. The summed E-state index contributed by atoms with van der Waals surface area (Å²) < 4.78 is 11.5. The van der Waals surface area contributed by atoms with Gasteiger partial charge in [-0.2, -0.15) is 0 Å². The molecule has 0 amide bonds. The molecule has 4 nitrogen and oxygen atoms in total. The molecule has 3 fully saturated rings. The molecule has 8 unspecified atom stereocenters. The molecule has 5 rings (SSSR count). The molecule has 0 aromatic rings. The summed E-state index contributed by atoms with van der Waals surface area (Å²) in [5, 5.41) is 0. The van der Waals surface area contributed by atoms with Crippen LogP contribution in [0.4, 0.5) is 0 Å². The second kappa shape index (κ2) is 8.84. The van der Waals surface area contributed by atoms with Crippen molar-refractivity contribution in [3.8, 4) is 0 Å². The van der Waals surface area contributed by atoms with Crippen molar-refractivity contribution in [1.29, 1.82) is 0 Å². The minimum atomic E-state index is -0.150. The average molecular weight is 527 g/mol. The van der Waals surface area contributed by atoms with E-state index in [1.54, 1.807) is 25.0 Å². The van der Waals surface area contributed by atoms with E-state index in [0.717, 1.165) is 19.3 Å². The first-order valence-corrected chi connectivity index (χ1v) is 15.5. The third-order valence-electron chi connectivity index (χ3n) is 13.7. The van der Waals surface area contributed by atoms with Crippen LogP contribution in [0, 0.1) is 44.3 Å². The highest BCUT2D eigenvalue weighted by molar-refractivity contribution is 5.66. The molecule has 0 bridgehead atoms. The molecule has 4 heteroatoms. The molecule has 5 aliphatic rings. The molecule has 0 radical (unpaired) electrons. The number of ether oxygens (including phenoxy) is 2. The molecule has 0 N–H and O–H groups in total. The number of esters is 2. The smallest absolute Gasteiger partial charge is 0.302 e. The quantitative estimate of drug-likeness (QED) is 0.273. The summed E-state index contributed by atoms with van der Waals surface area (Å²) in [5.74, 6) is 0.916. The van der Waals surface area contributed by atoms with Crippen molar-refractivity contribution in [3.63, 3.8) is 0 Å². The Hall–Kier alpha value is -1.32. The Morgan fingerprint density at radius 3 is 2.11 bits per heavy atom. The summed E-state index contributed by atoms with van der Waals surface area (Å²) in [5.41, 5.74) is 4.74. The number of hydrogen-bond acceptors (Lipinski definition) is 4. The highest BCUT2D eigenvalue weighted by Gasteiger charge is 2.66. The second-order valence-corrected chi connectivity index (χ2v) is 16.2. The van der Waals surface area contributed by atoms with Crippen LogP contribution < -0.4 is 0 Å². The van der Waals surface area contributed by atoms with E-state index in [4.69, 9.17) is 9.47 Å². The first-order valence-electron chi connectivity index (χ1n) is 15.5. The van der Waals surface area contributed by atoms with Crippen molar-refractivity contribution in [3.05, 3.63) is 11.1 Å². The van der Waals surface area contributed by atoms with Crippen LogP contribution in [-0.4, -0.2) is 24.6 Å². The van der Waals surface area contributed by atoms with E-state index in [2.05, 4.69) is 48.5 Å². The Balaban J connectivity index is 1.50. The molecule has 0 aliphatic heterocycles. The Labute approximate surface area is 232 Å². The maximum absolute atomic E-state index is 11.9. The Kier molecular flexibility index (Phi) is 6.56. The second-order valence-electron chi connectivity index (χ2n) is 16.2. The minimum absolute atomic E-state index is 0.00805. The molecule has 0 spiro atoms. The van der Waals surface area contributed by atoms with Gasteiger partial charge in [-0.15, -0.1) is 0 Å². The van der Waals surface area contributed by atoms with Crippen molar-refractivity contribution in [2.24, 2.45) is 44.3 Å². The van der Waals surface area contributed by atoms with Crippen LogP contribution in [-0.2, 0) is 19.1 Å². The lowest BCUT2D eigenvalue weighted by Crippen LogP contribution is -2.61. The molecule has 0 aromatic carbocycles. The van der Waals surface area contributed by atoms with Gasteiger partial charge in [0.25, 0.3) is 0 Å². The van der Waals surface area contributed by atoms with E-state index in [1.165, 1.54) is 51.4 Å². The van der Waals surface area contributed by atoms with Gasteiger partial charge in [0.15, 0.2) is 0 Å². The van der Waals surface area contributed by atoms with E-state index in [-0.39, 0.29) is 45.1 Å². The highest BCUT2D eigenvalue weighted by Crippen LogP contribution is 2.75. The van der Waals surface area contributed by atoms with Crippen LogP contribution in [0.1, 0.15) is 133 Å². The fourth-order valence-electron chi connectivity index (χ4n) is 11.2. The monoisotopic (exact) mass is 526 g/mol. The lowest BCUT2D eigenvalue weighted by atomic mass is 9.35. The van der Waals surface area contributed by atoms with Gasteiger partial charge in [0, 0.05) is 24.7 Å². The average Bonchev–Trinajstić information content (AvgIpc) is 2.82. The van der Waals surface area contributed by atoms with Gasteiger partial charge in [0.1, 0.15) is 6.10 Å². The molecule has 5 aliphatic carbocycles. The minimum Gasteiger partial charge on any atom is -0.465 e. The Bertz CT molecular complexity index is 1040. The fraction of sp³-hybridized carbons (Fsp3) is 0.882. The molecular formula is C34H54O4. The number of hydrogen-bond donors (Lipinski definition) is 0. The molecular weight excluding hydrogens is 472 g/mol. The third kappa shape index (κ3) is 3.96. The summed E-state index contributed by atoms with van der Waals surface area (Å²) in [6.45, 7) is 21.2. The lowest BCUT2D eigenvalue weighted by Gasteiger charge is -2.69. The summed E-state index contributed by atoms with van der Waals surface area (Å²) in [7, 11) is 0. The van der Waals surface area contributed by atoms with Crippen LogP contribution >= 0.6 is 0 Å². The van der Waals surface area contributed by atoms with Gasteiger partial charge in [-0.3, -0.25) is 9.59 Å². The number of fused-ring (bicyclic) bond motifs is 6. The Morgan fingerprint density at radius 1 is 0.763 bits per heavy atom. The van der Waals surface area contributed by atoms with Crippen molar-refractivity contribution in [2.45, 2.75) is 139 Å². The zero-order valence-corrected chi connectivity index (χ0v) is 25.9. The largest absolute Gasteiger partial charge is 0.465 e. The SMILES string of the molecule is CC(=O)OCC1(C)CCC2(C)CCC3(C)C4=C(CCC3(C)C2C1)C1(C)CCC(OC(C)=O)C(C)(C)C1CC4. The van der Waals surface area contributed by atoms with Gasteiger partial charge in [0.2, 0.25) is 0 Å². The van der Waals surface area contributed by atoms with E-state index in [0.29, 0.717) is 23.9 Å². The normalized spacial score (nSPS) is 47.7. The number of carbonyl (C=O) groups excluding carboxylic acids is 2. The molecule has 3 saturated carbocycles. The maximum atomic E-state index is 11.9. The predicted molar refractivity (Wildman–Crippen MR) is 151 cm³/mol. The Morgan fingerprint density at radius 2 is 1.45 bits per heavy atom. The van der Waals surface area contributed by atoms with Crippen LogP contribution in [0.5, 0.6) is 0 Å².